The van der Waals surface area contributed by atoms with E-state index in [4.69, 9.17) is 0 Å². The maximum absolute atomic E-state index is 2.75. The van der Waals surface area contributed by atoms with Gasteiger partial charge in [0.25, 0.3) is 0 Å². The number of piperidine rings is 1. The van der Waals surface area contributed by atoms with Gasteiger partial charge >= 0.3 is 0 Å². The molecule has 0 amide bonds. The monoisotopic (exact) mass is 340 g/mol. The second kappa shape index (κ2) is 7.80. The molecule has 0 spiro atoms. The lowest BCUT2D eigenvalue weighted by Crippen LogP contribution is -2.43. The van der Waals surface area contributed by atoms with Crippen molar-refractivity contribution < 1.29 is 0 Å². The Morgan fingerprint density at radius 3 is 2.12 bits per heavy atom. The van der Waals surface area contributed by atoms with Gasteiger partial charge in [-0.3, -0.25) is 4.90 Å². The van der Waals surface area contributed by atoms with E-state index in [1.165, 1.54) is 70.4 Å². The van der Waals surface area contributed by atoms with Crippen LogP contribution in [0.4, 0.5) is 0 Å². The number of rotatable bonds is 5. The van der Waals surface area contributed by atoms with Crippen molar-refractivity contribution in [2.24, 2.45) is 17.8 Å². The van der Waals surface area contributed by atoms with Gasteiger partial charge < -0.3 is 4.90 Å². The molecule has 2 aliphatic heterocycles. The van der Waals surface area contributed by atoms with Crippen molar-refractivity contribution in [3.05, 3.63) is 35.4 Å². The standard InChI is InChI=1S/C23H36N2/c1-18-11-19(2)15-25(14-18)17-21-12-23(13-21)22-7-5-20(6-8-22)16-24-9-3-4-10-24/h5-8,18-19,21,23H,3-4,9-17H2,1-2H3. The fourth-order valence-corrected chi connectivity index (χ4v) is 5.56. The molecule has 1 saturated carbocycles. The Hall–Kier alpha value is -0.860. The first-order chi connectivity index (χ1) is 12.2. The lowest BCUT2D eigenvalue weighted by Gasteiger charge is -2.42. The van der Waals surface area contributed by atoms with Crippen molar-refractivity contribution in [1.29, 1.82) is 0 Å². The van der Waals surface area contributed by atoms with Crippen LogP contribution in [0.5, 0.6) is 0 Å². The van der Waals surface area contributed by atoms with Crippen molar-refractivity contribution >= 4 is 0 Å². The molecule has 3 aliphatic rings. The number of nitrogens with zero attached hydrogens (tertiary/aromatic N) is 2. The Labute approximate surface area is 154 Å². The topological polar surface area (TPSA) is 6.48 Å². The van der Waals surface area contributed by atoms with Crippen LogP contribution >= 0.6 is 0 Å². The highest BCUT2D eigenvalue weighted by molar-refractivity contribution is 5.27. The molecule has 1 aromatic rings. The highest BCUT2D eigenvalue weighted by Gasteiger charge is 2.33. The molecule has 0 radical (unpaired) electrons. The third-order valence-electron chi connectivity index (χ3n) is 6.75. The molecule has 1 aliphatic carbocycles. The van der Waals surface area contributed by atoms with E-state index in [9.17, 15) is 0 Å². The summed E-state index contributed by atoms with van der Waals surface area (Å²) in [4.78, 5) is 5.34. The smallest absolute Gasteiger partial charge is 0.0233 e. The van der Waals surface area contributed by atoms with Gasteiger partial charge in [-0.05, 0) is 80.0 Å². The molecule has 2 unspecified atom stereocenters. The highest BCUT2D eigenvalue weighted by atomic mass is 15.1. The van der Waals surface area contributed by atoms with E-state index >= 15 is 0 Å². The molecule has 2 saturated heterocycles. The molecule has 25 heavy (non-hydrogen) atoms. The van der Waals surface area contributed by atoms with Crippen LogP contribution in [0.15, 0.2) is 24.3 Å². The minimum atomic E-state index is 0.825. The van der Waals surface area contributed by atoms with Crippen LogP contribution in [0.25, 0.3) is 0 Å². The van der Waals surface area contributed by atoms with Crippen molar-refractivity contribution in [3.8, 4) is 0 Å². The van der Waals surface area contributed by atoms with Crippen LogP contribution in [0.2, 0.25) is 0 Å². The zero-order chi connectivity index (χ0) is 17.2. The fourth-order valence-electron chi connectivity index (χ4n) is 5.56. The van der Waals surface area contributed by atoms with Crippen LogP contribution in [0.3, 0.4) is 0 Å². The van der Waals surface area contributed by atoms with E-state index in [0.717, 1.165) is 30.2 Å². The molecule has 138 valence electrons. The zero-order valence-corrected chi connectivity index (χ0v) is 16.3. The average molecular weight is 341 g/mol. The normalized spacial score (nSPS) is 34.2. The molecule has 2 nitrogen and oxygen atoms in total. The van der Waals surface area contributed by atoms with Gasteiger partial charge in [-0.25, -0.2) is 0 Å². The molecule has 1 aromatic carbocycles. The second-order valence-electron chi connectivity index (χ2n) is 9.42. The predicted molar refractivity (Wildman–Crippen MR) is 106 cm³/mol. The quantitative estimate of drug-likeness (QED) is 0.763. The van der Waals surface area contributed by atoms with E-state index in [0.29, 0.717) is 0 Å². The minimum Gasteiger partial charge on any atom is -0.303 e. The zero-order valence-electron chi connectivity index (χ0n) is 16.3. The number of hydrogen-bond donors (Lipinski definition) is 0. The maximum atomic E-state index is 2.75. The summed E-state index contributed by atoms with van der Waals surface area (Å²) in [5, 5.41) is 0. The molecular weight excluding hydrogens is 304 g/mol. The molecule has 0 aromatic heterocycles. The summed E-state index contributed by atoms with van der Waals surface area (Å²) in [6.45, 7) is 12.6. The SMILES string of the molecule is CC1CC(C)CN(CC2CC(c3ccc(CN4CCCC4)cc3)C2)C1. The number of benzene rings is 1. The first-order valence-electron chi connectivity index (χ1n) is 10.7. The van der Waals surface area contributed by atoms with Gasteiger partial charge in [0, 0.05) is 26.2 Å². The molecule has 0 bridgehead atoms. The Morgan fingerprint density at radius 2 is 1.48 bits per heavy atom. The molecule has 2 heterocycles. The van der Waals surface area contributed by atoms with Gasteiger partial charge in [-0.1, -0.05) is 38.1 Å². The van der Waals surface area contributed by atoms with Crippen LogP contribution in [0, 0.1) is 17.8 Å². The van der Waals surface area contributed by atoms with Gasteiger partial charge in [0.1, 0.15) is 0 Å². The average Bonchev–Trinajstić information content (AvgIpc) is 3.04. The molecule has 3 fully saturated rings. The van der Waals surface area contributed by atoms with Crippen molar-refractivity contribution in [1.82, 2.24) is 9.80 Å². The maximum Gasteiger partial charge on any atom is 0.0233 e. The van der Waals surface area contributed by atoms with E-state index in [2.05, 4.69) is 47.9 Å². The van der Waals surface area contributed by atoms with Gasteiger partial charge in [0.05, 0.1) is 0 Å². The third kappa shape index (κ3) is 4.46. The molecular formula is C23H36N2. The van der Waals surface area contributed by atoms with Gasteiger partial charge in [0.2, 0.25) is 0 Å². The predicted octanol–water partition coefficient (Wildman–Crippen LogP) is 4.75. The number of hydrogen-bond acceptors (Lipinski definition) is 2. The second-order valence-corrected chi connectivity index (χ2v) is 9.42. The lowest BCUT2D eigenvalue weighted by atomic mass is 9.71. The van der Waals surface area contributed by atoms with Crippen molar-refractivity contribution in [2.45, 2.75) is 58.4 Å². The summed E-state index contributed by atoms with van der Waals surface area (Å²) in [7, 11) is 0. The van der Waals surface area contributed by atoms with Gasteiger partial charge in [-0.2, -0.15) is 0 Å². The van der Waals surface area contributed by atoms with Crippen LogP contribution in [-0.4, -0.2) is 42.5 Å². The van der Waals surface area contributed by atoms with E-state index in [1.807, 2.05) is 0 Å². The summed E-state index contributed by atoms with van der Waals surface area (Å²) < 4.78 is 0. The Morgan fingerprint density at radius 1 is 0.840 bits per heavy atom. The summed E-state index contributed by atoms with van der Waals surface area (Å²) in [6.07, 6.45) is 7.01. The Balaban J connectivity index is 1.23. The van der Waals surface area contributed by atoms with Crippen LogP contribution < -0.4 is 0 Å². The van der Waals surface area contributed by atoms with Crippen molar-refractivity contribution in [3.63, 3.8) is 0 Å². The van der Waals surface area contributed by atoms with Crippen LogP contribution in [-0.2, 0) is 6.54 Å². The first-order valence-corrected chi connectivity index (χ1v) is 10.7. The largest absolute Gasteiger partial charge is 0.303 e. The third-order valence-corrected chi connectivity index (χ3v) is 6.75. The summed E-state index contributed by atoms with van der Waals surface area (Å²) in [5.74, 6) is 3.54. The van der Waals surface area contributed by atoms with Crippen LogP contribution in [0.1, 0.15) is 63.0 Å². The van der Waals surface area contributed by atoms with E-state index < -0.39 is 0 Å². The summed E-state index contributed by atoms with van der Waals surface area (Å²) in [6, 6.07) is 9.60. The Bertz CT molecular complexity index is 530. The molecule has 4 rings (SSSR count). The minimum absolute atomic E-state index is 0.825. The first kappa shape index (κ1) is 17.5. The number of likely N-dealkylation sites (tertiary alicyclic amines) is 2. The summed E-state index contributed by atoms with van der Waals surface area (Å²) >= 11 is 0. The molecule has 2 atom stereocenters. The van der Waals surface area contributed by atoms with Gasteiger partial charge in [0.15, 0.2) is 0 Å². The highest BCUT2D eigenvalue weighted by Crippen LogP contribution is 2.42. The lowest BCUT2D eigenvalue weighted by molar-refractivity contribution is 0.0930. The van der Waals surface area contributed by atoms with Crippen molar-refractivity contribution in [2.75, 3.05) is 32.7 Å². The van der Waals surface area contributed by atoms with E-state index in [-0.39, 0.29) is 0 Å². The molecule has 2 heteroatoms. The summed E-state index contributed by atoms with van der Waals surface area (Å²) in [5.41, 5.74) is 3.08. The fraction of sp³-hybridized carbons (Fsp3) is 0.739. The van der Waals surface area contributed by atoms with Gasteiger partial charge in [-0.15, -0.1) is 0 Å². The van der Waals surface area contributed by atoms with E-state index in [1.54, 1.807) is 5.56 Å². The molecule has 0 N–H and O–H groups in total. The Kier molecular flexibility index (Phi) is 5.47.